The molecule has 2 atom stereocenters. The van der Waals surface area contributed by atoms with Gasteiger partial charge in [-0.3, -0.25) is 13.9 Å². The Labute approximate surface area is 230 Å². The van der Waals surface area contributed by atoms with Gasteiger partial charge in [0.05, 0.1) is 10.6 Å². The van der Waals surface area contributed by atoms with Gasteiger partial charge in [0.25, 0.3) is 10.0 Å². The highest BCUT2D eigenvalue weighted by Crippen LogP contribution is 2.25. The predicted octanol–water partition coefficient (Wildman–Crippen LogP) is 4.70. The highest BCUT2D eigenvalue weighted by molar-refractivity contribution is 7.92. The van der Waals surface area contributed by atoms with E-state index in [9.17, 15) is 22.4 Å². The van der Waals surface area contributed by atoms with Gasteiger partial charge in [0.15, 0.2) is 0 Å². The number of anilines is 1. The first-order valence-corrected chi connectivity index (χ1v) is 14.5. The van der Waals surface area contributed by atoms with Crippen LogP contribution >= 0.6 is 0 Å². The zero-order valence-electron chi connectivity index (χ0n) is 22.8. The molecule has 7 nitrogen and oxygen atoms in total. The van der Waals surface area contributed by atoms with E-state index in [2.05, 4.69) is 5.32 Å². The predicted molar refractivity (Wildman–Crippen MR) is 151 cm³/mol. The summed E-state index contributed by atoms with van der Waals surface area (Å²) in [5.41, 5.74) is 2.00. The average molecular weight is 554 g/mol. The lowest BCUT2D eigenvalue weighted by molar-refractivity contribution is -0.139. The molecular weight excluding hydrogens is 517 g/mol. The lowest BCUT2D eigenvalue weighted by Crippen LogP contribution is -2.53. The summed E-state index contributed by atoms with van der Waals surface area (Å²) >= 11 is 0. The minimum absolute atomic E-state index is 0.00335. The van der Waals surface area contributed by atoms with Crippen LogP contribution in [0.5, 0.6) is 0 Å². The SMILES string of the molecule is CC[C@H](C)NC(=O)[C@@H](C)N(CCc1ccccc1)C(=O)CN(c1ccc(F)cc1)S(=O)(=O)c1ccc(C)cc1. The first-order chi connectivity index (χ1) is 18.5. The Kier molecular flexibility index (Phi) is 10.2. The van der Waals surface area contributed by atoms with Gasteiger partial charge in [-0.1, -0.05) is 55.0 Å². The van der Waals surface area contributed by atoms with Gasteiger partial charge < -0.3 is 10.2 Å². The Bertz CT molecular complexity index is 1350. The van der Waals surface area contributed by atoms with Gasteiger partial charge in [0.1, 0.15) is 18.4 Å². The zero-order chi connectivity index (χ0) is 28.6. The second kappa shape index (κ2) is 13.4. The maximum Gasteiger partial charge on any atom is 0.264 e. The molecule has 0 saturated heterocycles. The second-order valence-electron chi connectivity index (χ2n) is 9.62. The molecule has 1 N–H and O–H groups in total. The number of carbonyl (C=O) groups is 2. The third-order valence-corrected chi connectivity index (χ3v) is 8.44. The van der Waals surface area contributed by atoms with E-state index < -0.39 is 34.3 Å². The molecule has 0 heterocycles. The molecule has 0 unspecified atom stereocenters. The third kappa shape index (κ3) is 7.89. The molecule has 0 spiro atoms. The van der Waals surface area contributed by atoms with E-state index >= 15 is 0 Å². The van der Waals surface area contributed by atoms with Crippen LogP contribution in [0.2, 0.25) is 0 Å². The number of benzene rings is 3. The Morgan fingerprint density at radius 1 is 0.923 bits per heavy atom. The molecule has 0 radical (unpaired) electrons. The fourth-order valence-electron chi connectivity index (χ4n) is 4.01. The van der Waals surface area contributed by atoms with E-state index in [1.165, 1.54) is 29.2 Å². The van der Waals surface area contributed by atoms with Crippen molar-refractivity contribution in [2.45, 2.75) is 57.5 Å². The van der Waals surface area contributed by atoms with Crippen LogP contribution in [0, 0.1) is 12.7 Å². The molecular formula is C30H36FN3O4S. The zero-order valence-corrected chi connectivity index (χ0v) is 23.6. The summed E-state index contributed by atoms with van der Waals surface area (Å²) in [4.78, 5) is 28.3. The van der Waals surface area contributed by atoms with Crippen molar-refractivity contribution in [1.29, 1.82) is 0 Å². The molecule has 0 aromatic heterocycles. The highest BCUT2D eigenvalue weighted by Gasteiger charge is 2.32. The molecule has 0 aliphatic carbocycles. The van der Waals surface area contributed by atoms with Crippen molar-refractivity contribution >= 4 is 27.5 Å². The van der Waals surface area contributed by atoms with Gasteiger partial charge in [-0.25, -0.2) is 12.8 Å². The number of hydrogen-bond acceptors (Lipinski definition) is 4. The third-order valence-electron chi connectivity index (χ3n) is 6.65. The number of amides is 2. The maximum absolute atomic E-state index is 13.8. The van der Waals surface area contributed by atoms with E-state index in [1.54, 1.807) is 19.1 Å². The first kappa shape index (κ1) is 29.8. The smallest absolute Gasteiger partial charge is 0.264 e. The van der Waals surface area contributed by atoms with Crippen LogP contribution in [0.1, 0.15) is 38.3 Å². The summed E-state index contributed by atoms with van der Waals surface area (Å²) in [6, 6.07) is 19.8. The lowest BCUT2D eigenvalue weighted by Gasteiger charge is -2.32. The van der Waals surface area contributed by atoms with Gasteiger partial charge in [-0.2, -0.15) is 0 Å². The minimum Gasteiger partial charge on any atom is -0.352 e. The standard InChI is InChI=1S/C30H36FN3O4S/c1-5-23(3)32-30(36)24(4)33(20-19-25-9-7-6-8-10-25)29(35)21-34(27-15-13-26(31)14-16-27)39(37,38)28-17-11-22(2)12-18-28/h6-18,23-24H,5,19-21H2,1-4H3,(H,32,36)/t23-,24+/m0/s1. The first-order valence-electron chi connectivity index (χ1n) is 13.0. The largest absolute Gasteiger partial charge is 0.352 e. The Hall–Kier alpha value is -3.72. The Morgan fingerprint density at radius 2 is 1.54 bits per heavy atom. The summed E-state index contributed by atoms with van der Waals surface area (Å²) in [5.74, 6) is -1.39. The molecule has 2 amide bonds. The molecule has 0 aliphatic heterocycles. The van der Waals surface area contributed by atoms with Crippen molar-refractivity contribution in [2.75, 3.05) is 17.4 Å². The van der Waals surface area contributed by atoms with Crippen LogP contribution < -0.4 is 9.62 Å². The molecule has 0 fully saturated rings. The second-order valence-corrected chi connectivity index (χ2v) is 11.5. The molecule has 9 heteroatoms. The normalized spacial score (nSPS) is 12.8. The molecule has 39 heavy (non-hydrogen) atoms. The van der Waals surface area contributed by atoms with Crippen LogP contribution in [-0.2, 0) is 26.0 Å². The summed E-state index contributed by atoms with van der Waals surface area (Å²) in [7, 11) is -4.19. The van der Waals surface area contributed by atoms with Gasteiger partial charge in [0.2, 0.25) is 11.8 Å². The number of aryl methyl sites for hydroxylation is 1. The highest BCUT2D eigenvalue weighted by atomic mass is 32.2. The number of sulfonamides is 1. The number of nitrogens with one attached hydrogen (secondary N) is 1. The van der Waals surface area contributed by atoms with Crippen LogP contribution in [0.15, 0.2) is 83.8 Å². The van der Waals surface area contributed by atoms with E-state index in [-0.39, 0.29) is 29.1 Å². The van der Waals surface area contributed by atoms with E-state index in [0.29, 0.717) is 6.42 Å². The Balaban J connectivity index is 1.96. The monoisotopic (exact) mass is 553 g/mol. The lowest BCUT2D eigenvalue weighted by atomic mass is 10.1. The number of hydrogen-bond donors (Lipinski definition) is 1. The van der Waals surface area contributed by atoms with E-state index in [1.807, 2.05) is 51.1 Å². The van der Waals surface area contributed by atoms with Crippen LogP contribution in [0.4, 0.5) is 10.1 Å². The van der Waals surface area contributed by atoms with Gasteiger partial charge in [0, 0.05) is 12.6 Å². The van der Waals surface area contributed by atoms with Crippen LogP contribution in [0.3, 0.4) is 0 Å². The van der Waals surface area contributed by atoms with E-state index in [0.717, 1.165) is 34.0 Å². The molecule has 3 aromatic rings. The number of rotatable bonds is 12. The summed E-state index contributed by atoms with van der Waals surface area (Å²) in [5, 5.41) is 2.91. The maximum atomic E-state index is 13.8. The van der Waals surface area contributed by atoms with Crippen molar-refractivity contribution < 1.29 is 22.4 Å². The van der Waals surface area contributed by atoms with Crippen molar-refractivity contribution in [3.05, 3.63) is 95.8 Å². The van der Waals surface area contributed by atoms with Crippen molar-refractivity contribution in [3.8, 4) is 0 Å². The number of halogens is 1. The fraction of sp³-hybridized carbons (Fsp3) is 0.333. The van der Waals surface area contributed by atoms with Gasteiger partial charge in [-0.05, 0) is 75.6 Å². The summed E-state index contributed by atoms with van der Waals surface area (Å²) in [6.07, 6.45) is 1.21. The van der Waals surface area contributed by atoms with Crippen molar-refractivity contribution in [3.63, 3.8) is 0 Å². The van der Waals surface area contributed by atoms with Crippen LogP contribution in [0.25, 0.3) is 0 Å². The topological polar surface area (TPSA) is 86.8 Å². The van der Waals surface area contributed by atoms with Gasteiger partial charge >= 0.3 is 0 Å². The molecule has 0 bridgehead atoms. The average Bonchev–Trinajstić information content (AvgIpc) is 2.93. The van der Waals surface area contributed by atoms with Gasteiger partial charge in [-0.15, -0.1) is 0 Å². The minimum atomic E-state index is -4.19. The summed E-state index contributed by atoms with van der Waals surface area (Å²) in [6.45, 7) is 6.96. The molecule has 0 saturated carbocycles. The quantitative estimate of drug-likeness (QED) is 0.352. The van der Waals surface area contributed by atoms with E-state index in [4.69, 9.17) is 0 Å². The Morgan fingerprint density at radius 3 is 2.13 bits per heavy atom. The summed E-state index contributed by atoms with van der Waals surface area (Å²) < 4.78 is 42.1. The molecule has 208 valence electrons. The molecule has 0 aliphatic rings. The fourth-order valence-corrected chi connectivity index (χ4v) is 5.42. The van der Waals surface area contributed by atoms with Crippen molar-refractivity contribution in [1.82, 2.24) is 10.2 Å². The molecule has 3 aromatic carbocycles. The van der Waals surface area contributed by atoms with Crippen LogP contribution in [-0.4, -0.2) is 50.3 Å². The molecule has 3 rings (SSSR count). The number of nitrogens with zero attached hydrogens (tertiary/aromatic N) is 2. The van der Waals surface area contributed by atoms with Crippen molar-refractivity contribution in [2.24, 2.45) is 0 Å². The number of carbonyl (C=O) groups excluding carboxylic acids is 2.